The van der Waals surface area contributed by atoms with Gasteiger partial charge < -0.3 is 15.4 Å². The molecule has 5 nitrogen and oxygen atoms in total. The fraction of sp³-hybridized carbons (Fsp3) is 0.158. The minimum atomic E-state index is -0.458. The van der Waals surface area contributed by atoms with Gasteiger partial charge in [-0.3, -0.25) is 4.79 Å². The van der Waals surface area contributed by atoms with Gasteiger partial charge in [-0.05, 0) is 37.6 Å². The van der Waals surface area contributed by atoms with Gasteiger partial charge in [0.05, 0.1) is 7.11 Å². The van der Waals surface area contributed by atoms with Gasteiger partial charge >= 0.3 is 0 Å². The Morgan fingerprint density at radius 3 is 2.67 bits per heavy atom. The number of anilines is 2. The van der Waals surface area contributed by atoms with Crippen LogP contribution < -0.4 is 15.4 Å². The maximum Gasteiger partial charge on any atom is 0.267 e. The Kier molecular flexibility index (Phi) is 5.58. The van der Waals surface area contributed by atoms with E-state index in [9.17, 15) is 10.1 Å². The van der Waals surface area contributed by atoms with Crippen LogP contribution in [0, 0.1) is 25.2 Å². The molecular weight excluding hydrogens is 302 g/mol. The molecule has 5 heteroatoms. The number of hydrogen-bond donors (Lipinski definition) is 2. The summed E-state index contributed by atoms with van der Waals surface area (Å²) in [6, 6.07) is 14.8. The molecule has 122 valence electrons. The smallest absolute Gasteiger partial charge is 0.267 e. The number of nitriles is 1. The molecule has 0 unspecified atom stereocenters. The normalized spacial score (nSPS) is 10.7. The third-order valence-corrected chi connectivity index (χ3v) is 3.45. The van der Waals surface area contributed by atoms with E-state index in [1.165, 1.54) is 6.20 Å². The van der Waals surface area contributed by atoms with Crippen molar-refractivity contribution in [3.63, 3.8) is 0 Å². The van der Waals surface area contributed by atoms with E-state index in [0.717, 1.165) is 16.8 Å². The quantitative estimate of drug-likeness (QED) is 0.649. The molecule has 1 amide bonds. The summed E-state index contributed by atoms with van der Waals surface area (Å²) in [6.07, 6.45) is 1.38. The van der Waals surface area contributed by atoms with E-state index in [-0.39, 0.29) is 5.57 Å². The van der Waals surface area contributed by atoms with Gasteiger partial charge in [0.15, 0.2) is 0 Å². The van der Waals surface area contributed by atoms with Crippen LogP contribution in [0.5, 0.6) is 5.75 Å². The molecule has 2 rings (SSSR count). The first kappa shape index (κ1) is 17.1. The topological polar surface area (TPSA) is 74.1 Å². The summed E-state index contributed by atoms with van der Waals surface area (Å²) in [6.45, 7) is 3.89. The van der Waals surface area contributed by atoms with Gasteiger partial charge in [-0.15, -0.1) is 0 Å². The van der Waals surface area contributed by atoms with Gasteiger partial charge in [0.25, 0.3) is 5.91 Å². The number of nitrogens with one attached hydrogen (secondary N) is 2. The first-order valence-electron chi connectivity index (χ1n) is 7.43. The Balaban J connectivity index is 2.12. The summed E-state index contributed by atoms with van der Waals surface area (Å²) < 4.78 is 5.13. The van der Waals surface area contributed by atoms with E-state index >= 15 is 0 Å². The fourth-order valence-corrected chi connectivity index (χ4v) is 2.16. The van der Waals surface area contributed by atoms with Crippen molar-refractivity contribution in [1.29, 1.82) is 5.26 Å². The molecule has 0 aromatic heterocycles. The van der Waals surface area contributed by atoms with Gasteiger partial charge in [0.2, 0.25) is 0 Å². The SMILES string of the molecule is COc1cccc(N/C=C(/C#N)C(=O)Nc2ccc(C)cc2C)c1. The lowest BCUT2D eigenvalue weighted by atomic mass is 10.1. The molecular formula is C19H19N3O2. The molecule has 2 aromatic rings. The Bertz CT molecular complexity index is 820. The maximum atomic E-state index is 12.3. The van der Waals surface area contributed by atoms with Crippen LogP contribution in [0.25, 0.3) is 0 Å². The number of rotatable bonds is 5. The molecule has 0 aliphatic carbocycles. The highest BCUT2D eigenvalue weighted by Crippen LogP contribution is 2.18. The zero-order valence-corrected chi connectivity index (χ0v) is 13.9. The zero-order valence-electron chi connectivity index (χ0n) is 13.9. The van der Waals surface area contributed by atoms with E-state index < -0.39 is 5.91 Å². The second-order valence-electron chi connectivity index (χ2n) is 5.32. The molecule has 24 heavy (non-hydrogen) atoms. The highest BCUT2D eigenvalue weighted by Gasteiger charge is 2.10. The summed E-state index contributed by atoms with van der Waals surface area (Å²) in [7, 11) is 1.58. The lowest BCUT2D eigenvalue weighted by molar-refractivity contribution is -0.112. The molecule has 0 aliphatic heterocycles. The van der Waals surface area contributed by atoms with Crippen molar-refractivity contribution in [3.05, 3.63) is 65.4 Å². The van der Waals surface area contributed by atoms with E-state index in [1.807, 2.05) is 56.3 Å². The van der Waals surface area contributed by atoms with Crippen LogP contribution in [0.3, 0.4) is 0 Å². The molecule has 0 fully saturated rings. The van der Waals surface area contributed by atoms with Crippen molar-refractivity contribution >= 4 is 17.3 Å². The Morgan fingerprint density at radius 2 is 2.00 bits per heavy atom. The van der Waals surface area contributed by atoms with Crippen molar-refractivity contribution < 1.29 is 9.53 Å². The van der Waals surface area contributed by atoms with Crippen molar-refractivity contribution in [2.75, 3.05) is 17.7 Å². The number of amides is 1. The lowest BCUT2D eigenvalue weighted by Gasteiger charge is -2.09. The predicted octanol–water partition coefficient (Wildman–Crippen LogP) is 3.77. The Morgan fingerprint density at radius 1 is 1.21 bits per heavy atom. The monoisotopic (exact) mass is 321 g/mol. The standard InChI is InChI=1S/C19H19N3O2/c1-13-7-8-18(14(2)9-13)22-19(23)15(11-20)12-21-16-5-4-6-17(10-16)24-3/h4-10,12,21H,1-3H3,(H,22,23)/b15-12-. The lowest BCUT2D eigenvalue weighted by Crippen LogP contribution is -2.15. The number of carbonyl (C=O) groups is 1. The van der Waals surface area contributed by atoms with Crippen LogP contribution in [0.15, 0.2) is 54.2 Å². The average Bonchev–Trinajstić information content (AvgIpc) is 2.58. The first-order chi connectivity index (χ1) is 11.5. The van der Waals surface area contributed by atoms with Crippen LogP contribution in [-0.4, -0.2) is 13.0 Å². The largest absolute Gasteiger partial charge is 0.497 e. The number of nitrogens with zero attached hydrogens (tertiary/aromatic N) is 1. The van der Waals surface area contributed by atoms with E-state index in [0.29, 0.717) is 11.4 Å². The molecule has 0 radical (unpaired) electrons. The summed E-state index contributed by atoms with van der Waals surface area (Å²) in [5.41, 5.74) is 3.45. The number of methoxy groups -OCH3 is 1. The van der Waals surface area contributed by atoms with Crippen LogP contribution in [0.2, 0.25) is 0 Å². The molecule has 0 bridgehead atoms. The van der Waals surface area contributed by atoms with Gasteiger partial charge in [-0.1, -0.05) is 23.8 Å². The molecule has 0 aliphatic rings. The van der Waals surface area contributed by atoms with Gasteiger partial charge in [-0.2, -0.15) is 5.26 Å². The molecule has 2 N–H and O–H groups in total. The second-order valence-corrected chi connectivity index (χ2v) is 5.32. The number of ether oxygens (including phenoxy) is 1. The Hall–Kier alpha value is -3.26. The molecule has 2 aromatic carbocycles. The van der Waals surface area contributed by atoms with Crippen molar-refractivity contribution in [2.24, 2.45) is 0 Å². The number of aryl methyl sites for hydroxylation is 2. The molecule has 0 atom stereocenters. The summed E-state index contributed by atoms with van der Waals surface area (Å²) >= 11 is 0. The third kappa shape index (κ3) is 4.37. The number of benzene rings is 2. The predicted molar refractivity (Wildman–Crippen MR) is 94.9 cm³/mol. The molecule has 0 heterocycles. The minimum absolute atomic E-state index is 0.0159. The van der Waals surface area contributed by atoms with Crippen LogP contribution in [-0.2, 0) is 4.79 Å². The van der Waals surface area contributed by atoms with Crippen LogP contribution in [0.4, 0.5) is 11.4 Å². The van der Waals surface area contributed by atoms with Gasteiger partial charge in [-0.25, -0.2) is 0 Å². The highest BCUT2D eigenvalue weighted by atomic mass is 16.5. The van der Waals surface area contributed by atoms with Crippen LogP contribution in [0.1, 0.15) is 11.1 Å². The summed E-state index contributed by atoms with van der Waals surface area (Å²) in [5.74, 6) is 0.228. The van der Waals surface area contributed by atoms with Crippen molar-refractivity contribution in [1.82, 2.24) is 0 Å². The van der Waals surface area contributed by atoms with Crippen molar-refractivity contribution in [2.45, 2.75) is 13.8 Å². The van der Waals surface area contributed by atoms with E-state index in [2.05, 4.69) is 10.6 Å². The zero-order chi connectivity index (χ0) is 17.5. The van der Waals surface area contributed by atoms with Gasteiger partial charge in [0.1, 0.15) is 17.4 Å². The molecule has 0 saturated heterocycles. The third-order valence-electron chi connectivity index (χ3n) is 3.45. The van der Waals surface area contributed by atoms with E-state index in [1.54, 1.807) is 13.2 Å². The maximum absolute atomic E-state index is 12.3. The highest BCUT2D eigenvalue weighted by molar-refractivity contribution is 6.07. The van der Waals surface area contributed by atoms with E-state index in [4.69, 9.17) is 4.74 Å². The second kappa shape index (κ2) is 7.84. The molecule has 0 spiro atoms. The van der Waals surface area contributed by atoms with Crippen molar-refractivity contribution in [3.8, 4) is 11.8 Å². The number of hydrogen-bond acceptors (Lipinski definition) is 4. The number of carbonyl (C=O) groups excluding carboxylic acids is 1. The van der Waals surface area contributed by atoms with Crippen LogP contribution >= 0.6 is 0 Å². The molecule has 0 saturated carbocycles. The first-order valence-corrected chi connectivity index (χ1v) is 7.43. The minimum Gasteiger partial charge on any atom is -0.497 e. The average molecular weight is 321 g/mol. The Labute approximate surface area is 141 Å². The summed E-state index contributed by atoms with van der Waals surface area (Å²) in [4.78, 5) is 12.3. The summed E-state index contributed by atoms with van der Waals surface area (Å²) in [5, 5.41) is 14.9. The fourth-order valence-electron chi connectivity index (χ4n) is 2.16. The van der Waals surface area contributed by atoms with Gasteiger partial charge in [0, 0.05) is 23.6 Å².